The summed E-state index contributed by atoms with van der Waals surface area (Å²) in [6.07, 6.45) is 0.876. The molecule has 0 spiro atoms. The van der Waals surface area contributed by atoms with E-state index < -0.39 is 21.4 Å². The maximum Gasteiger partial charge on any atom is 0.264 e. The van der Waals surface area contributed by atoms with Gasteiger partial charge in [-0.25, -0.2) is 12.8 Å². The molecule has 0 saturated carbocycles. The maximum absolute atomic E-state index is 14.8. The molecule has 1 fully saturated rings. The lowest BCUT2D eigenvalue weighted by Crippen LogP contribution is -2.46. The first kappa shape index (κ1) is 23.7. The number of nitrogens with one attached hydrogen (secondary N) is 1. The number of sulfonamides is 1. The fourth-order valence-corrected chi connectivity index (χ4v) is 6.29. The number of benzene rings is 2. The predicted molar refractivity (Wildman–Crippen MR) is 128 cm³/mol. The monoisotopic (exact) mass is 491 g/mol. The average Bonchev–Trinajstić information content (AvgIpc) is 3.39. The van der Waals surface area contributed by atoms with Crippen LogP contribution in [0.3, 0.4) is 0 Å². The van der Waals surface area contributed by atoms with Crippen LogP contribution in [0, 0.1) is 12.7 Å². The molecule has 1 aromatic heterocycles. The van der Waals surface area contributed by atoms with Crippen LogP contribution in [-0.4, -0.2) is 41.8 Å². The van der Waals surface area contributed by atoms with E-state index in [0.717, 1.165) is 19.5 Å². The molecule has 1 saturated heterocycles. The standard InChI is InChI=1S/C23H27ClFN5O2S/c1-15-27-28-22(29(15)16-10-11-26-14-16)18-12-19(24)20(25)13-21(18)30(23(2,3)4)33(31,32)17-8-6-5-7-9-17/h5-9,12-13,16,26H,10-11,14H2,1-4H3/t16-/m0/s1. The summed E-state index contributed by atoms with van der Waals surface area (Å²) in [5.41, 5.74) is -0.352. The number of rotatable bonds is 5. The zero-order chi connectivity index (χ0) is 24.0. The van der Waals surface area contributed by atoms with E-state index in [9.17, 15) is 12.8 Å². The molecule has 33 heavy (non-hydrogen) atoms. The van der Waals surface area contributed by atoms with E-state index in [1.807, 2.05) is 11.5 Å². The third-order valence-electron chi connectivity index (χ3n) is 5.65. The topological polar surface area (TPSA) is 80.1 Å². The molecule has 1 aliphatic rings. The Labute approximate surface area is 198 Å². The lowest BCUT2D eigenvalue weighted by atomic mass is 10.0. The number of anilines is 1. The van der Waals surface area contributed by atoms with Gasteiger partial charge in [-0.05, 0) is 58.9 Å². The van der Waals surface area contributed by atoms with Gasteiger partial charge < -0.3 is 9.88 Å². The molecule has 2 heterocycles. The summed E-state index contributed by atoms with van der Waals surface area (Å²) in [5.74, 6) is 0.437. The van der Waals surface area contributed by atoms with Crippen LogP contribution < -0.4 is 9.62 Å². The second-order valence-electron chi connectivity index (χ2n) is 9.12. The minimum Gasteiger partial charge on any atom is -0.315 e. The van der Waals surface area contributed by atoms with Crippen molar-refractivity contribution < 1.29 is 12.8 Å². The number of nitrogens with zero attached hydrogens (tertiary/aromatic N) is 4. The molecule has 0 bridgehead atoms. The van der Waals surface area contributed by atoms with E-state index in [1.165, 1.54) is 28.6 Å². The molecule has 176 valence electrons. The molecule has 7 nitrogen and oxygen atoms in total. The van der Waals surface area contributed by atoms with E-state index in [2.05, 4.69) is 15.5 Å². The van der Waals surface area contributed by atoms with Crippen molar-refractivity contribution in [3.8, 4) is 11.4 Å². The van der Waals surface area contributed by atoms with Crippen molar-refractivity contribution in [2.75, 3.05) is 17.4 Å². The molecule has 2 aromatic carbocycles. The van der Waals surface area contributed by atoms with Crippen LogP contribution in [0.15, 0.2) is 47.4 Å². The average molecular weight is 492 g/mol. The predicted octanol–water partition coefficient (Wildman–Crippen LogP) is 4.57. The van der Waals surface area contributed by atoms with Gasteiger partial charge in [-0.3, -0.25) is 4.31 Å². The highest BCUT2D eigenvalue weighted by molar-refractivity contribution is 7.93. The minimum absolute atomic E-state index is 0.0977. The largest absolute Gasteiger partial charge is 0.315 e. The Kier molecular flexibility index (Phi) is 6.24. The second-order valence-corrected chi connectivity index (χ2v) is 11.3. The Morgan fingerprint density at radius 1 is 1.18 bits per heavy atom. The van der Waals surface area contributed by atoms with E-state index in [4.69, 9.17) is 11.6 Å². The highest BCUT2D eigenvalue weighted by Crippen LogP contribution is 2.41. The van der Waals surface area contributed by atoms with Gasteiger partial charge in [0.25, 0.3) is 10.0 Å². The van der Waals surface area contributed by atoms with Crippen LogP contribution in [-0.2, 0) is 10.0 Å². The Morgan fingerprint density at radius 3 is 2.48 bits per heavy atom. The van der Waals surface area contributed by atoms with Crippen LogP contribution in [0.1, 0.15) is 39.1 Å². The van der Waals surface area contributed by atoms with Gasteiger partial charge in [0.05, 0.1) is 21.6 Å². The van der Waals surface area contributed by atoms with Crippen molar-refractivity contribution in [2.24, 2.45) is 0 Å². The summed E-state index contributed by atoms with van der Waals surface area (Å²) < 4.78 is 45.7. The molecular formula is C23H27ClFN5O2S. The van der Waals surface area contributed by atoms with Crippen molar-refractivity contribution >= 4 is 27.3 Å². The van der Waals surface area contributed by atoms with Crippen molar-refractivity contribution in [3.63, 3.8) is 0 Å². The van der Waals surface area contributed by atoms with Gasteiger partial charge in [-0.15, -0.1) is 10.2 Å². The summed E-state index contributed by atoms with van der Waals surface area (Å²) in [4.78, 5) is 0.110. The zero-order valence-electron chi connectivity index (χ0n) is 19.0. The third-order valence-corrected chi connectivity index (χ3v) is 8.04. The quantitative estimate of drug-likeness (QED) is 0.565. The van der Waals surface area contributed by atoms with Crippen molar-refractivity contribution in [1.29, 1.82) is 0 Å². The molecule has 1 N–H and O–H groups in total. The van der Waals surface area contributed by atoms with Crippen molar-refractivity contribution in [2.45, 2.75) is 50.6 Å². The maximum atomic E-state index is 14.8. The number of hydrogen-bond donors (Lipinski definition) is 1. The van der Waals surface area contributed by atoms with Gasteiger partial charge in [-0.1, -0.05) is 29.8 Å². The van der Waals surface area contributed by atoms with Crippen molar-refractivity contribution in [1.82, 2.24) is 20.1 Å². The number of aromatic nitrogens is 3. The Balaban J connectivity index is 1.99. The smallest absolute Gasteiger partial charge is 0.264 e. The van der Waals surface area contributed by atoms with E-state index >= 15 is 0 Å². The summed E-state index contributed by atoms with van der Waals surface area (Å²) in [6, 6.07) is 10.8. The number of hydrogen-bond acceptors (Lipinski definition) is 5. The van der Waals surface area contributed by atoms with E-state index in [-0.39, 0.29) is 21.6 Å². The minimum atomic E-state index is -4.04. The van der Waals surface area contributed by atoms with Gasteiger partial charge in [0.15, 0.2) is 5.82 Å². The summed E-state index contributed by atoms with van der Waals surface area (Å²) in [5, 5.41) is 11.8. The van der Waals surface area contributed by atoms with E-state index in [1.54, 1.807) is 39.0 Å². The van der Waals surface area contributed by atoms with E-state index in [0.29, 0.717) is 17.2 Å². The zero-order valence-corrected chi connectivity index (χ0v) is 20.6. The van der Waals surface area contributed by atoms with Gasteiger partial charge in [0, 0.05) is 23.7 Å². The summed E-state index contributed by atoms with van der Waals surface area (Å²) in [6.45, 7) is 8.74. The highest BCUT2D eigenvalue weighted by atomic mass is 35.5. The van der Waals surface area contributed by atoms with Crippen LogP contribution in [0.4, 0.5) is 10.1 Å². The van der Waals surface area contributed by atoms with Gasteiger partial charge in [0.2, 0.25) is 0 Å². The highest BCUT2D eigenvalue weighted by Gasteiger charge is 2.37. The second kappa shape index (κ2) is 8.70. The third kappa shape index (κ3) is 4.37. The van der Waals surface area contributed by atoms with Gasteiger partial charge in [-0.2, -0.15) is 0 Å². The van der Waals surface area contributed by atoms with Crippen LogP contribution in [0.2, 0.25) is 5.02 Å². The molecule has 1 atom stereocenters. The fraction of sp³-hybridized carbons (Fsp3) is 0.391. The van der Waals surface area contributed by atoms with Crippen LogP contribution in [0.5, 0.6) is 0 Å². The normalized spacial score (nSPS) is 16.8. The molecule has 4 rings (SSSR count). The molecule has 10 heteroatoms. The molecule has 0 radical (unpaired) electrons. The summed E-state index contributed by atoms with van der Waals surface area (Å²) >= 11 is 6.19. The van der Waals surface area contributed by atoms with Gasteiger partial charge >= 0.3 is 0 Å². The number of aryl methyl sites for hydroxylation is 1. The fourth-order valence-electron chi connectivity index (χ4n) is 4.28. The lowest BCUT2D eigenvalue weighted by Gasteiger charge is -2.37. The Morgan fingerprint density at radius 2 is 1.88 bits per heavy atom. The molecule has 0 amide bonds. The van der Waals surface area contributed by atoms with Crippen molar-refractivity contribution in [3.05, 3.63) is 59.1 Å². The molecule has 0 aliphatic carbocycles. The molecule has 1 aliphatic heterocycles. The first-order chi connectivity index (χ1) is 15.5. The molecule has 0 unspecified atom stereocenters. The lowest BCUT2D eigenvalue weighted by molar-refractivity contribution is 0.531. The molecule has 3 aromatic rings. The Bertz CT molecular complexity index is 1270. The number of halogens is 2. The first-order valence-electron chi connectivity index (χ1n) is 10.7. The van der Waals surface area contributed by atoms with Crippen LogP contribution in [0.25, 0.3) is 11.4 Å². The first-order valence-corrected chi connectivity index (χ1v) is 12.6. The van der Waals surface area contributed by atoms with Crippen LogP contribution >= 0.6 is 11.6 Å². The molecular weight excluding hydrogens is 465 g/mol. The summed E-state index contributed by atoms with van der Waals surface area (Å²) in [7, 11) is -4.04. The Hall–Kier alpha value is -2.49. The van der Waals surface area contributed by atoms with Gasteiger partial charge in [0.1, 0.15) is 11.6 Å². The SMILES string of the molecule is Cc1nnc(-c2cc(Cl)c(F)cc2N(C(C)(C)C)S(=O)(=O)c2ccccc2)n1[C@H]1CCNC1.